The van der Waals surface area contributed by atoms with Crippen LogP contribution in [0.4, 0.5) is 15.8 Å². The molecule has 0 unspecified atom stereocenters. The molecule has 0 spiro atoms. The maximum absolute atomic E-state index is 13.3. The summed E-state index contributed by atoms with van der Waals surface area (Å²) in [4.78, 5) is 28.7. The van der Waals surface area contributed by atoms with Crippen LogP contribution >= 0.6 is 0 Å². The van der Waals surface area contributed by atoms with E-state index in [1.165, 1.54) is 30.3 Å². The van der Waals surface area contributed by atoms with E-state index >= 15 is 0 Å². The van der Waals surface area contributed by atoms with E-state index in [9.17, 15) is 14.0 Å². The van der Waals surface area contributed by atoms with Gasteiger partial charge >= 0.3 is 0 Å². The number of amides is 2. The van der Waals surface area contributed by atoms with Crippen molar-refractivity contribution in [1.29, 1.82) is 0 Å². The predicted octanol–water partition coefficient (Wildman–Crippen LogP) is 3.27. The van der Waals surface area contributed by atoms with Crippen LogP contribution in [0.15, 0.2) is 66.9 Å². The zero-order chi connectivity index (χ0) is 19.6. The molecule has 0 aromatic heterocycles. The van der Waals surface area contributed by atoms with Crippen LogP contribution in [-0.4, -0.2) is 37.4 Å². The smallest absolute Gasteiger partial charge is 0.278 e. The highest BCUT2D eigenvalue weighted by molar-refractivity contribution is 6.36. The number of benzene rings is 2. The second-order valence-corrected chi connectivity index (χ2v) is 6.33. The van der Waals surface area contributed by atoms with Crippen LogP contribution in [0.1, 0.15) is 5.56 Å². The van der Waals surface area contributed by atoms with Gasteiger partial charge in [-0.3, -0.25) is 14.5 Å². The summed E-state index contributed by atoms with van der Waals surface area (Å²) in [5.41, 5.74) is 2.56. The van der Waals surface area contributed by atoms with Gasteiger partial charge in [-0.25, -0.2) is 4.39 Å². The lowest BCUT2D eigenvalue weighted by atomic mass is 10.0. The summed E-state index contributed by atoms with van der Waals surface area (Å²) >= 11 is 0. The van der Waals surface area contributed by atoms with Crippen LogP contribution in [0.2, 0.25) is 0 Å². The van der Waals surface area contributed by atoms with E-state index < -0.39 is 17.6 Å². The van der Waals surface area contributed by atoms with Crippen molar-refractivity contribution in [2.24, 2.45) is 0 Å². The van der Waals surface area contributed by atoms with Crippen LogP contribution < -0.4 is 10.2 Å². The average molecular weight is 365 g/mol. The van der Waals surface area contributed by atoms with Crippen LogP contribution in [0.5, 0.6) is 0 Å². The molecule has 5 nitrogen and oxygen atoms in total. The zero-order valence-corrected chi connectivity index (χ0v) is 15.2. The summed E-state index contributed by atoms with van der Waals surface area (Å²) in [5.74, 6) is -1.28. The molecule has 0 radical (unpaired) electrons. The zero-order valence-electron chi connectivity index (χ0n) is 15.2. The van der Waals surface area contributed by atoms with E-state index in [4.69, 9.17) is 0 Å². The maximum Gasteiger partial charge on any atom is 0.278 e. The van der Waals surface area contributed by atoms with Crippen molar-refractivity contribution in [2.75, 3.05) is 30.9 Å². The molecule has 0 bridgehead atoms. The molecule has 2 amide bonds. The van der Waals surface area contributed by atoms with Gasteiger partial charge in [0, 0.05) is 32.0 Å². The molecular weight excluding hydrogens is 345 g/mol. The number of carbonyl (C=O) groups excluding carboxylic acids is 2. The molecule has 1 aliphatic rings. The molecule has 1 aliphatic heterocycles. The van der Waals surface area contributed by atoms with Gasteiger partial charge in [0.2, 0.25) is 0 Å². The minimum absolute atomic E-state index is 0.104. The molecule has 2 aromatic rings. The predicted molar refractivity (Wildman–Crippen MR) is 105 cm³/mol. The van der Waals surface area contributed by atoms with Gasteiger partial charge in [0.1, 0.15) is 11.5 Å². The molecule has 0 saturated heterocycles. The van der Waals surface area contributed by atoms with Gasteiger partial charge in [0.15, 0.2) is 0 Å². The molecule has 0 fully saturated rings. The van der Waals surface area contributed by atoms with E-state index in [0.29, 0.717) is 11.3 Å². The third-order valence-electron chi connectivity index (χ3n) is 4.27. The molecule has 138 valence electrons. The van der Waals surface area contributed by atoms with Crippen molar-refractivity contribution in [3.63, 3.8) is 0 Å². The molecule has 27 heavy (non-hydrogen) atoms. The van der Waals surface area contributed by atoms with Gasteiger partial charge in [-0.2, -0.15) is 0 Å². The lowest BCUT2D eigenvalue weighted by Gasteiger charge is -2.14. The van der Waals surface area contributed by atoms with E-state index in [2.05, 4.69) is 11.9 Å². The van der Waals surface area contributed by atoms with E-state index in [1.807, 2.05) is 43.3 Å². The number of rotatable bonds is 6. The molecule has 1 heterocycles. The quantitative estimate of drug-likeness (QED) is 0.631. The van der Waals surface area contributed by atoms with Crippen LogP contribution in [0.3, 0.4) is 0 Å². The first-order chi connectivity index (χ1) is 12.9. The Morgan fingerprint density at radius 3 is 2.22 bits per heavy atom. The Kier molecular flexibility index (Phi) is 5.07. The Morgan fingerprint density at radius 2 is 1.67 bits per heavy atom. The summed E-state index contributed by atoms with van der Waals surface area (Å²) in [5, 5.41) is 3.06. The van der Waals surface area contributed by atoms with Crippen LogP contribution in [0, 0.1) is 5.82 Å². The summed E-state index contributed by atoms with van der Waals surface area (Å²) in [6.07, 6.45) is 1.49. The highest BCUT2D eigenvalue weighted by Crippen LogP contribution is 2.31. The first-order valence-electron chi connectivity index (χ1n) is 8.44. The Labute approximate surface area is 157 Å². The molecule has 6 heteroatoms. The summed E-state index contributed by atoms with van der Waals surface area (Å²) < 4.78 is 13.3. The van der Waals surface area contributed by atoms with Crippen molar-refractivity contribution in [3.8, 4) is 0 Å². The minimum Gasteiger partial charge on any atom is -0.378 e. The second kappa shape index (κ2) is 7.45. The standard InChI is InChI=1S/C21H20FN3O2/c1-4-13-25-20(26)18(14-5-7-15(22)8-6-14)19(21(25)27)23-16-9-11-17(12-10-16)24(2)3/h4-12,23H,1,13H2,2-3H3. The van der Waals surface area contributed by atoms with Crippen LogP contribution in [0.25, 0.3) is 5.57 Å². The first-order valence-corrected chi connectivity index (χ1v) is 8.44. The lowest BCUT2D eigenvalue weighted by Crippen LogP contribution is -2.32. The molecule has 2 aromatic carbocycles. The Hall–Kier alpha value is -3.41. The fourth-order valence-corrected chi connectivity index (χ4v) is 2.86. The average Bonchev–Trinajstić information content (AvgIpc) is 2.88. The van der Waals surface area contributed by atoms with Crippen LogP contribution in [-0.2, 0) is 9.59 Å². The van der Waals surface area contributed by atoms with E-state index in [-0.39, 0.29) is 17.8 Å². The Balaban J connectivity index is 2.02. The normalized spacial score (nSPS) is 14.0. The number of anilines is 2. The topological polar surface area (TPSA) is 52.7 Å². The number of halogens is 1. The van der Waals surface area contributed by atoms with Gasteiger partial charge in [0.25, 0.3) is 11.8 Å². The van der Waals surface area contributed by atoms with Gasteiger partial charge in [-0.05, 0) is 42.0 Å². The minimum atomic E-state index is -0.434. The van der Waals surface area contributed by atoms with E-state index in [1.54, 1.807) is 0 Å². The van der Waals surface area contributed by atoms with Gasteiger partial charge in [-0.15, -0.1) is 6.58 Å². The number of carbonyl (C=O) groups is 2. The highest BCUT2D eigenvalue weighted by atomic mass is 19.1. The summed E-state index contributed by atoms with van der Waals surface area (Å²) in [6.45, 7) is 3.70. The third-order valence-corrected chi connectivity index (χ3v) is 4.27. The molecule has 0 saturated carbocycles. The van der Waals surface area contributed by atoms with Crippen molar-refractivity contribution in [2.45, 2.75) is 0 Å². The summed E-state index contributed by atoms with van der Waals surface area (Å²) in [6, 6.07) is 13.0. The number of imide groups is 1. The molecule has 0 atom stereocenters. The number of nitrogens with zero attached hydrogens (tertiary/aromatic N) is 2. The lowest BCUT2D eigenvalue weighted by molar-refractivity contribution is -0.136. The van der Waals surface area contributed by atoms with Gasteiger partial charge in [-0.1, -0.05) is 18.2 Å². The van der Waals surface area contributed by atoms with Gasteiger partial charge in [0.05, 0.1) is 5.57 Å². The second-order valence-electron chi connectivity index (χ2n) is 6.33. The molecule has 3 rings (SSSR count). The van der Waals surface area contributed by atoms with Crippen molar-refractivity contribution < 1.29 is 14.0 Å². The van der Waals surface area contributed by atoms with Gasteiger partial charge < -0.3 is 10.2 Å². The molecule has 1 N–H and O–H groups in total. The Morgan fingerprint density at radius 1 is 1.04 bits per heavy atom. The van der Waals surface area contributed by atoms with E-state index in [0.717, 1.165) is 10.6 Å². The van der Waals surface area contributed by atoms with Crippen molar-refractivity contribution >= 4 is 28.8 Å². The first kappa shape index (κ1) is 18.4. The maximum atomic E-state index is 13.3. The Bertz CT molecular complexity index is 915. The monoisotopic (exact) mass is 365 g/mol. The highest BCUT2D eigenvalue weighted by Gasteiger charge is 2.38. The summed E-state index contributed by atoms with van der Waals surface area (Å²) in [7, 11) is 3.87. The third kappa shape index (κ3) is 3.60. The number of hydrogen-bond acceptors (Lipinski definition) is 4. The fraction of sp³-hybridized carbons (Fsp3) is 0.143. The largest absolute Gasteiger partial charge is 0.378 e. The molecule has 0 aliphatic carbocycles. The number of nitrogens with one attached hydrogen (secondary N) is 1. The molecular formula is C21H20FN3O2. The number of hydrogen-bond donors (Lipinski definition) is 1. The fourth-order valence-electron chi connectivity index (χ4n) is 2.86. The SMILES string of the molecule is C=CCN1C(=O)C(Nc2ccc(N(C)C)cc2)=C(c2ccc(F)cc2)C1=O. The van der Waals surface area contributed by atoms with Crippen molar-refractivity contribution in [1.82, 2.24) is 4.90 Å². The van der Waals surface area contributed by atoms with Crippen molar-refractivity contribution in [3.05, 3.63) is 78.3 Å².